The van der Waals surface area contributed by atoms with Crippen LogP contribution < -0.4 is 5.32 Å². The van der Waals surface area contributed by atoms with Gasteiger partial charge in [-0.2, -0.15) is 0 Å². The van der Waals surface area contributed by atoms with Crippen LogP contribution in [0.4, 0.5) is 0 Å². The third-order valence-corrected chi connectivity index (χ3v) is 6.06. The molecule has 0 fully saturated rings. The largest absolute Gasteiger partial charge is 0.306 e. The Kier molecular flexibility index (Phi) is 4.41. The van der Waals surface area contributed by atoms with Crippen molar-refractivity contribution in [2.75, 3.05) is 5.75 Å². The molecule has 1 nitrogen and oxygen atoms in total. The van der Waals surface area contributed by atoms with Gasteiger partial charge in [-0.05, 0) is 61.4 Å². The zero-order valence-electron chi connectivity index (χ0n) is 11.7. The maximum absolute atomic E-state index is 6.15. The predicted octanol–water partition coefficient (Wildman–Crippen LogP) is 5.35. The lowest BCUT2D eigenvalue weighted by Gasteiger charge is -2.26. The molecule has 0 saturated heterocycles. The Morgan fingerprint density at radius 1 is 1.30 bits per heavy atom. The number of benzene rings is 1. The molecular weight excluding hydrogens is 306 g/mol. The van der Waals surface area contributed by atoms with Crippen LogP contribution in [-0.4, -0.2) is 5.75 Å². The SMILES string of the molecule is Cc1cc(CNC2CCSc3ccc(Cl)cc32)c(C)s1. The summed E-state index contributed by atoms with van der Waals surface area (Å²) in [6.07, 6.45) is 1.17. The van der Waals surface area contributed by atoms with Gasteiger partial charge in [0.25, 0.3) is 0 Å². The number of nitrogens with one attached hydrogen (secondary N) is 1. The molecule has 0 bridgehead atoms. The summed E-state index contributed by atoms with van der Waals surface area (Å²) in [5.74, 6) is 1.17. The first kappa shape index (κ1) is 14.5. The highest BCUT2D eigenvalue weighted by molar-refractivity contribution is 7.99. The van der Waals surface area contributed by atoms with Gasteiger partial charge in [0.05, 0.1) is 0 Å². The minimum absolute atomic E-state index is 0.421. The van der Waals surface area contributed by atoms with Crippen molar-refractivity contribution in [1.29, 1.82) is 0 Å². The fourth-order valence-corrected chi connectivity index (χ4v) is 4.90. The molecule has 1 aliphatic heterocycles. The van der Waals surface area contributed by atoms with Crippen LogP contribution in [0.25, 0.3) is 0 Å². The van der Waals surface area contributed by atoms with E-state index in [1.54, 1.807) is 0 Å². The molecule has 2 heterocycles. The van der Waals surface area contributed by atoms with Crippen molar-refractivity contribution in [3.63, 3.8) is 0 Å². The summed E-state index contributed by atoms with van der Waals surface area (Å²) in [6.45, 7) is 5.32. The fourth-order valence-electron chi connectivity index (χ4n) is 2.67. The Hall–Kier alpha value is -0.480. The molecule has 0 amide bonds. The highest BCUT2D eigenvalue weighted by Gasteiger charge is 2.20. The van der Waals surface area contributed by atoms with Gasteiger partial charge in [-0.15, -0.1) is 23.1 Å². The summed E-state index contributed by atoms with van der Waals surface area (Å²) in [4.78, 5) is 4.19. The van der Waals surface area contributed by atoms with E-state index in [0.29, 0.717) is 6.04 Å². The number of rotatable bonds is 3. The third kappa shape index (κ3) is 3.06. The number of hydrogen-bond acceptors (Lipinski definition) is 3. The maximum Gasteiger partial charge on any atom is 0.0410 e. The quantitative estimate of drug-likeness (QED) is 0.817. The molecule has 1 aromatic carbocycles. The van der Waals surface area contributed by atoms with E-state index in [0.717, 1.165) is 11.6 Å². The molecule has 2 aromatic rings. The zero-order valence-corrected chi connectivity index (χ0v) is 14.1. The topological polar surface area (TPSA) is 12.0 Å². The van der Waals surface area contributed by atoms with Crippen LogP contribution in [0.1, 0.15) is 33.3 Å². The first-order valence-corrected chi connectivity index (χ1v) is 9.03. The average molecular weight is 324 g/mol. The lowest BCUT2D eigenvalue weighted by atomic mass is 10.0. The van der Waals surface area contributed by atoms with E-state index in [4.69, 9.17) is 11.6 Å². The third-order valence-electron chi connectivity index (χ3n) is 3.69. The molecule has 0 aliphatic carbocycles. The highest BCUT2D eigenvalue weighted by atomic mass is 35.5. The lowest BCUT2D eigenvalue weighted by molar-refractivity contribution is 0.510. The minimum Gasteiger partial charge on any atom is -0.306 e. The second-order valence-corrected chi connectivity index (χ2v) is 8.22. The van der Waals surface area contributed by atoms with E-state index >= 15 is 0 Å². The van der Waals surface area contributed by atoms with Crippen molar-refractivity contribution in [3.05, 3.63) is 50.2 Å². The van der Waals surface area contributed by atoms with Crippen LogP contribution in [-0.2, 0) is 6.54 Å². The standard InChI is InChI=1S/C16H18ClNS2/c1-10-7-12(11(2)20-10)9-18-15-5-6-19-16-4-3-13(17)8-14(15)16/h3-4,7-8,15,18H,5-6,9H2,1-2H3. The molecule has 20 heavy (non-hydrogen) atoms. The number of thioether (sulfide) groups is 1. The van der Waals surface area contributed by atoms with Crippen molar-refractivity contribution in [1.82, 2.24) is 5.32 Å². The summed E-state index contributed by atoms with van der Waals surface area (Å²) in [5, 5.41) is 4.54. The van der Waals surface area contributed by atoms with Crippen LogP contribution in [0.15, 0.2) is 29.2 Å². The number of fused-ring (bicyclic) bond motifs is 1. The lowest BCUT2D eigenvalue weighted by Crippen LogP contribution is -2.24. The number of halogens is 1. The van der Waals surface area contributed by atoms with Gasteiger partial charge in [0.2, 0.25) is 0 Å². The van der Waals surface area contributed by atoms with Crippen LogP contribution >= 0.6 is 34.7 Å². The van der Waals surface area contributed by atoms with Gasteiger partial charge in [-0.25, -0.2) is 0 Å². The Morgan fingerprint density at radius 2 is 2.15 bits per heavy atom. The Labute approximate surface area is 133 Å². The van der Waals surface area contributed by atoms with E-state index in [2.05, 4.69) is 37.4 Å². The van der Waals surface area contributed by atoms with E-state index in [1.165, 1.54) is 38.0 Å². The van der Waals surface area contributed by atoms with Crippen LogP contribution in [0.2, 0.25) is 5.02 Å². The van der Waals surface area contributed by atoms with Gasteiger partial charge in [0, 0.05) is 32.3 Å². The molecule has 1 unspecified atom stereocenters. The molecule has 0 saturated carbocycles. The van der Waals surface area contributed by atoms with E-state index in [1.807, 2.05) is 29.2 Å². The first-order valence-electron chi connectivity index (χ1n) is 6.85. The molecule has 106 valence electrons. The molecular formula is C16H18ClNS2. The van der Waals surface area contributed by atoms with Crippen LogP contribution in [0, 0.1) is 13.8 Å². The molecule has 0 spiro atoms. The van der Waals surface area contributed by atoms with Crippen LogP contribution in [0.5, 0.6) is 0 Å². The monoisotopic (exact) mass is 323 g/mol. The fraction of sp³-hybridized carbons (Fsp3) is 0.375. The molecule has 3 rings (SSSR count). The zero-order chi connectivity index (χ0) is 14.1. The van der Waals surface area contributed by atoms with Gasteiger partial charge in [0.15, 0.2) is 0 Å². The van der Waals surface area contributed by atoms with Crippen molar-refractivity contribution in [2.45, 2.75) is 37.8 Å². The van der Waals surface area contributed by atoms with E-state index in [-0.39, 0.29) is 0 Å². The average Bonchev–Trinajstić information content (AvgIpc) is 2.74. The number of thiophene rings is 1. The van der Waals surface area contributed by atoms with Gasteiger partial charge >= 0.3 is 0 Å². The second-order valence-electron chi connectivity index (χ2n) is 5.19. The molecule has 4 heteroatoms. The summed E-state index contributed by atoms with van der Waals surface area (Å²) in [5.41, 5.74) is 2.78. The summed E-state index contributed by atoms with van der Waals surface area (Å²) in [7, 11) is 0. The first-order chi connectivity index (χ1) is 9.63. The van der Waals surface area contributed by atoms with Crippen molar-refractivity contribution in [2.24, 2.45) is 0 Å². The molecule has 1 N–H and O–H groups in total. The minimum atomic E-state index is 0.421. The van der Waals surface area contributed by atoms with Gasteiger partial charge in [0.1, 0.15) is 0 Å². The molecule has 1 aliphatic rings. The van der Waals surface area contributed by atoms with Gasteiger partial charge in [-0.3, -0.25) is 0 Å². The van der Waals surface area contributed by atoms with Crippen molar-refractivity contribution >= 4 is 34.7 Å². The Balaban J connectivity index is 1.76. The molecule has 1 aromatic heterocycles. The number of aryl methyl sites for hydroxylation is 2. The van der Waals surface area contributed by atoms with Gasteiger partial charge < -0.3 is 5.32 Å². The molecule has 1 atom stereocenters. The summed E-state index contributed by atoms with van der Waals surface area (Å²) < 4.78 is 0. The van der Waals surface area contributed by atoms with Gasteiger partial charge in [-0.1, -0.05) is 11.6 Å². The normalized spacial score (nSPS) is 18.1. The number of hydrogen-bond donors (Lipinski definition) is 1. The second kappa shape index (κ2) is 6.10. The van der Waals surface area contributed by atoms with Crippen molar-refractivity contribution in [3.8, 4) is 0 Å². The smallest absolute Gasteiger partial charge is 0.0410 e. The van der Waals surface area contributed by atoms with E-state index < -0.39 is 0 Å². The Bertz CT molecular complexity index is 621. The van der Waals surface area contributed by atoms with Crippen LogP contribution in [0.3, 0.4) is 0 Å². The van der Waals surface area contributed by atoms with Crippen molar-refractivity contribution < 1.29 is 0 Å². The summed E-state index contributed by atoms with van der Waals surface area (Å²) in [6, 6.07) is 8.97. The highest BCUT2D eigenvalue weighted by Crippen LogP contribution is 2.37. The summed E-state index contributed by atoms with van der Waals surface area (Å²) >= 11 is 9.96. The Morgan fingerprint density at radius 3 is 2.90 bits per heavy atom. The molecule has 0 radical (unpaired) electrons. The van der Waals surface area contributed by atoms with E-state index in [9.17, 15) is 0 Å². The maximum atomic E-state index is 6.15. The predicted molar refractivity (Wildman–Crippen MR) is 90.2 cm³/mol.